The molecule has 5 heteroatoms. The van der Waals surface area contributed by atoms with E-state index in [2.05, 4.69) is 19.2 Å². The van der Waals surface area contributed by atoms with Gasteiger partial charge in [0.25, 0.3) is 0 Å². The molecular weight excluding hydrogens is 284 g/mol. The number of benzene rings is 1. The van der Waals surface area contributed by atoms with Gasteiger partial charge in [-0.25, -0.2) is 8.42 Å². The van der Waals surface area contributed by atoms with E-state index in [0.29, 0.717) is 10.8 Å². The first kappa shape index (κ1) is 15.0. The fourth-order valence-electron chi connectivity index (χ4n) is 3.49. The molecule has 0 aromatic heterocycles. The largest absolute Gasteiger partial charge is 0.315 e. The van der Waals surface area contributed by atoms with Gasteiger partial charge in [0.1, 0.15) is 0 Å². The molecule has 0 spiro atoms. The predicted molar refractivity (Wildman–Crippen MR) is 83.9 cm³/mol. The van der Waals surface area contributed by atoms with E-state index >= 15 is 0 Å². The van der Waals surface area contributed by atoms with Crippen LogP contribution >= 0.6 is 0 Å². The normalized spacial score (nSPS) is 27.0. The molecule has 2 saturated heterocycles. The monoisotopic (exact) mass is 308 g/mol. The highest BCUT2D eigenvalue weighted by atomic mass is 32.2. The number of fused-ring (bicyclic) bond motifs is 2. The SMILES string of the molecule is CC(C)c1cccc(S(=O)(=O)N2C3CCNCC2CC3)c1. The van der Waals surface area contributed by atoms with Gasteiger partial charge in [-0.05, 0) is 49.4 Å². The molecule has 2 heterocycles. The van der Waals surface area contributed by atoms with E-state index in [4.69, 9.17) is 0 Å². The van der Waals surface area contributed by atoms with Crippen LogP contribution in [0.3, 0.4) is 0 Å². The summed E-state index contributed by atoms with van der Waals surface area (Å²) in [6, 6.07) is 7.72. The van der Waals surface area contributed by atoms with Crippen LogP contribution in [0.25, 0.3) is 0 Å². The summed E-state index contributed by atoms with van der Waals surface area (Å²) in [5, 5.41) is 3.36. The molecular formula is C16H24N2O2S. The Balaban J connectivity index is 1.98. The minimum Gasteiger partial charge on any atom is -0.315 e. The van der Waals surface area contributed by atoms with E-state index in [-0.39, 0.29) is 12.1 Å². The number of nitrogens with one attached hydrogen (secondary N) is 1. The van der Waals surface area contributed by atoms with Gasteiger partial charge in [-0.15, -0.1) is 0 Å². The molecule has 21 heavy (non-hydrogen) atoms. The minimum atomic E-state index is -3.38. The molecule has 0 amide bonds. The molecule has 2 atom stereocenters. The Morgan fingerprint density at radius 1 is 1.19 bits per heavy atom. The van der Waals surface area contributed by atoms with Crippen molar-refractivity contribution in [2.24, 2.45) is 0 Å². The number of sulfonamides is 1. The molecule has 1 aromatic rings. The summed E-state index contributed by atoms with van der Waals surface area (Å²) in [7, 11) is -3.38. The second-order valence-electron chi connectivity index (χ2n) is 6.44. The van der Waals surface area contributed by atoms with Crippen molar-refractivity contribution in [2.75, 3.05) is 13.1 Å². The lowest BCUT2D eigenvalue weighted by molar-refractivity contribution is 0.334. The molecule has 2 bridgehead atoms. The average molecular weight is 308 g/mol. The van der Waals surface area contributed by atoms with Crippen molar-refractivity contribution in [3.8, 4) is 0 Å². The minimum absolute atomic E-state index is 0.116. The number of rotatable bonds is 3. The Labute approximate surface area is 127 Å². The van der Waals surface area contributed by atoms with Crippen molar-refractivity contribution >= 4 is 10.0 Å². The summed E-state index contributed by atoms with van der Waals surface area (Å²) >= 11 is 0. The van der Waals surface area contributed by atoms with Crippen molar-refractivity contribution in [3.63, 3.8) is 0 Å². The van der Waals surface area contributed by atoms with E-state index in [1.165, 1.54) is 0 Å². The molecule has 2 unspecified atom stereocenters. The van der Waals surface area contributed by atoms with E-state index in [1.54, 1.807) is 10.4 Å². The average Bonchev–Trinajstić information content (AvgIpc) is 2.73. The van der Waals surface area contributed by atoms with Gasteiger partial charge in [0.2, 0.25) is 10.0 Å². The van der Waals surface area contributed by atoms with Crippen molar-refractivity contribution in [2.45, 2.75) is 56.0 Å². The summed E-state index contributed by atoms with van der Waals surface area (Å²) in [6.45, 7) is 5.87. The second-order valence-corrected chi connectivity index (χ2v) is 8.28. The van der Waals surface area contributed by atoms with Gasteiger partial charge in [-0.1, -0.05) is 26.0 Å². The molecule has 3 rings (SSSR count). The first-order valence-electron chi connectivity index (χ1n) is 7.84. The van der Waals surface area contributed by atoms with Gasteiger partial charge in [0.05, 0.1) is 4.90 Å². The van der Waals surface area contributed by atoms with Crippen LogP contribution in [0.1, 0.15) is 44.6 Å². The van der Waals surface area contributed by atoms with Crippen molar-refractivity contribution in [3.05, 3.63) is 29.8 Å². The third kappa shape index (κ3) is 2.74. The van der Waals surface area contributed by atoms with E-state index < -0.39 is 10.0 Å². The van der Waals surface area contributed by atoms with Crippen LogP contribution in [0.15, 0.2) is 29.2 Å². The van der Waals surface area contributed by atoms with Crippen molar-refractivity contribution in [1.29, 1.82) is 0 Å². The van der Waals surface area contributed by atoms with E-state index in [0.717, 1.165) is 37.9 Å². The summed E-state index contributed by atoms with van der Waals surface area (Å²) in [4.78, 5) is 0.451. The smallest absolute Gasteiger partial charge is 0.243 e. The Bertz CT molecular complexity index is 598. The van der Waals surface area contributed by atoms with Gasteiger partial charge in [0, 0.05) is 18.6 Å². The van der Waals surface area contributed by atoms with Crippen LogP contribution in [0, 0.1) is 0 Å². The van der Waals surface area contributed by atoms with Crippen LogP contribution in [0.4, 0.5) is 0 Å². The Morgan fingerprint density at radius 3 is 2.71 bits per heavy atom. The van der Waals surface area contributed by atoms with E-state index in [1.807, 2.05) is 18.2 Å². The van der Waals surface area contributed by atoms with E-state index in [9.17, 15) is 8.42 Å². The molecule has 0 radical (unpaired) electrons. The first-order valence-corrected chi connectivity index (χ1v) is 9.28. The quantitative estimate of drug-likeness (QED) is 0.932. The van der Waals surface area contributed by atoms with Crippen LogP contribution < -0.4 is 5.32 Å². The molecule has 2 aliphatic rings. The molecule has 0 aliphatic carbocycles. The highest BCUT2D eigenvalue weighted by Gasteiger charge is 2.42. The third-order valence-corrected chi connectivity index (χ3v) is 6.69. The first-order chi connectivity index (χ1) is 10.00. The standard InChI is InChI=1S/C16H24N2O2S/c1-12(2)13-4-3-5-16(10-13)21(19,20)18-14-6-7-15(18)11-17-9-8-14/h3-5,10,12,14-15,17H,6-9,11H2,1-2H3. The molecule has 1 N–H and O–H groups in total. The van der Waals surface area contributed by atoms with Gasteiger partial charge < -0.3 is 5.32 Å². The second kappa shape index (κ2) is 5.71. The maximum absolute atomic E-state index is 13.1. The fraction of sp³-hybridized carbons (Fsp3) is 0.625. The van der Waals surface area contributed by atoms with Gasteiger partial charge in [-0.3, -0.25) is 0 Å². The molecule has 1 aromatic carbocycles. The predicted octanol–water partition coefficient (Wildman–Crippen LogP) is 2.33. The zero-order valence-corrected chi connectivity index (χ0v) is 13.6. The molecule has 2 fully saturated rings. The zero-order chi connectivity index (χ0) is 15.0. The lowest BCUT2D eigenvalue weighted by atomic mass is 10.0. The van der Waals surface area contributed by atoms with Crippen LogP contribution in [0.5, 0.6) is 0 Å². The van der Waals surface area contributed by atoms with Gasteiger partial charge in [-0.2, -0.15) is 4.31 Å². The van der Waals surface area contributed by atoms with Crippen molar-refractivity contribution in [1.82, 2.24) is 9.62 Å². The van der Waals surface area contributed by atoms with Gasteiger partial charge >= 0.3 is 0 Å². The molecule has 2 aliphatic heterocycles. The summed E-state index contributed by atoms with van der Waals surface area (Å²) in [6.07, 6.45) is 2.88. The molecule has 4 nitrogen and oxygen atoms in total. The number of hydrogen-bond acceptors (Lipinski definition) is 3. The van der Waals surface area contributed by atoms with Crippen molar-refractivity contribution < 1.29 is 8.42 Å². The third-order valence-electron chi connectivity index (χ3n) is 4.69. The molecule has 116 valence electrons. The lowest BCUT2D eigenvalue weighted by Crippen LogP contribution is -2.42. The Hall–Kier alpha value is -0.910. The lowest BCUT2D eigenvalue weighted by Gasteiger charge is -2.27. The Morgan fingerprint density at radius 2 is 1.95 bits per heavy atom. The van der Waals surface area contributed by atoms with Crippen LogP contribution in [0.2, 0.25) is 0 Å². The summed E-state index contributed by atoms with van der Waals surface area (Å²) < 4.78 is 27.9. The van der Waals surface area contributed by atoms with Crippen LogP contribution in [-0.2, 0) is 10.0 Å². The zero-order valence-electron chi connectivity index (χ0n) is 12.7. The summed E-state index contributed by atoms with van der Waals surface area (Å²) in [5.74, 6) is 0.336. The maximum Gasteiger partial charge on any atom is 0.243 e. The molecule has 0 saturated carbocycles. The summed E-state index contributed by atoms with van der Waals surface area (Å²) in [5.41, 5.74) is 1.08. The fourth-order valence-corrected chi connectivity index (χ4v) is 5.44. The van der Waals surface area contributed by atoms with Crippen LogP contribution in [-0.4, -0.2) is 37.9 Å². The highest BCUT2D eigenvalue weighted by Crippen LogP contribution is 2.34. The van der Waals surface area contributed by atoms with Gasteiger partial charge in [0.15, 0.2) is 0 Å². The number of nitrogens with zero attached hydrogens (tertiary/aromatic N) is 1. The number of hydrogen-bond donors (Lipinski definition) is 1. The maximum atomic E-state index is 13.1. The Kier molecular flexibility index (Phi) is 4.08. The topological polar surface area (TPSA) is 49.4 Å². The highest BCUT2D eigenvalue weighted by molar-refractivity contribution is 7.89.